The minimum atomic E-state index is -0.526. The zero-order valence-electron chi connectivity index (χ0n) is 11.2. The third-order valence-electron chi connectivity index (χ3n) is 2.47. The molecule has 0 radical (unpaired) electrons. The van der Waals surface area contributed by atoms with Gasteiger partial charge in [-0.05, 0) is 24.5 Å². The highest BCUT2D eigenvalue weighted by Crippen LogP contribution is 2.20. The molecule has 0 saturated heterocycles. The molecule has 106 valence electrons. The van der Waals surface area contributed by atoms with Crippen molar-refractivity contribution in [3.8, 4) is 0 Å². The van der Waals surface area contributed by atoms with Crippen molar-refractivity contribution in [1.29, 1.82) is 0 Å². The molecule has 0 saturated carbocycles. The first-order valence-electron chi connectivity index (χ1n) is 6.31. The van der Waals surface area contributed by atoms with Crippen molar-refractivity contribution in [2.75, 3.05) is 12.3 Å². The molecular formula is C14H20FNO2S. The fourth-order valence-corrected chi connectivity index (χ4v) is 2.38. The van der Waals surface area contributed by atoms with Crippen molar-refractivity contribution in [1.82, 2.24) is 5.32 Å². The van der Waals surface area contributed by atoms with Gasteiger partial charge < -0.3 is 10.4 Å². The Bertz CT molecular complexity index is 412. The minimum absolute atomic E-state index is 0.148. The van der Waals surface area contributed by atoms with E-state index in [9.17, 15) is 14.3 Å². The maximum absolute atomic E-state index is 13.3. The quantitative estimate of drug-likeness (QED) is 0.757. The summed E-state index contributed by atoms with van der Waals surface area (Å²) in [5, 5.41) is 12.3. The number of hydrogen-bond acceptors (Lipinski definition) is 3. The van der Waals surface area contributed by atoms with Crippen molar-refractivity contribution < 1.29 is 14.3 Å². The minimum Gasteiger partial charge on any atom is -0.391 e. The first-order chi connectivity index (χ1) is 8.99. The van der Waals surface area contributed by atoms with Gasteiger partial charge in [0.25, 0.3) is 0 Å². The first kappa shape index (κ1) is 16.0. The summed E-state index contributed by atoms with van der Waals surface area (Å²) in [6, 6.07) is 6.35. The van der Waals surface area contributed by atoms with E-state index in [-0.39, 0.29) is 24.0 Å². The first-order valence-corrected chi connectivity index (χ1v) is 7.29. The van der Waals surface area contributed by atoms with Crippen LogP contribution in [0, 0.1) is 11.7 Å². The van der Waals surface area contributed by atoms with Gasteiger partial charge in [-0.2, -0.15) is 0 Å². The molecule has 0 aromatic heterocycles. The third-order valence-corrected chi connectivity index (χ3v) is 3.52. The smallest absolute Gasteiger partial charge is 0.230 e. The Morgan fingerprint density at radius 2 is 2.11 bits per heavy atom. The summed E-state index contributed by atoms with van der Waals surface area (Å²) >= 11 is 1.15. The molecule has 0 bridgehead atoms. The molecule has 2 N–H and O–H groups in total. The van der Waals surface area contributed by atoms with Crippen LogP contribution in [0.5, 0.6) is 0 Å². The maximum Gasteiger partial charge on any atom is 0.230 e. The molecule has 0 aliphatic heterocycles. The van der Waals surface area contributed by atoms with Crippen LogP contribution in [-0.2, 0) is 4.79 Å². The Hall–Kier alpha value is -1.07. The van der Waals surface area contributed by atoms with Crippen molar-refractivity contribution in [3.05, 3.63) is 30.1 Å². The average molecular weight is 285 g/mol. The lowest BCUT2D eigenvalue weighted by molar-refractivity contribution is -0.119. The number of nitrogens with one attached hydrogen (secondary N) is 1. The van der Waals surface area contributed by atoms with E-state index in [2.05, 4.69) is 5.32 Å². The predicted molar refractivity (Wildman–Crippen MR) is 75.6 cm³/mol. The van der Waals surface area contributed by atoms with Gasteiger partial charge in [0.1, 0.15) is 5.82 Å². The largest absolute Gasteiger partial charge is 0.391 e. The molecule has 0 fully saturated rings. The molecular weight excluding hydrogens is 265 g/mol. The van der Waals surface area contributed by atoms with Crippen LogP contribution in [-0.4, -0.2) is 29.4 Å². The fraction of sp³-hybridized carbons (Fsp3) is 0.500. The highest BCUT2D eigenvalue weighted by atomic mass is 32.2. The molecule has 0 spiro atoms. The number of benzene rings is 1. The molecule has 1 aromatic carbocycles. The van der Waals surface area contributed by atoms with E-state index in [1.54, 1.807) is 18.2 Å². The third kappa shape index (κ3) is 6.59. The highest BCUT2D eigenvalue weighted by molar-refractivity contribution is 8.00. The van der Waals surface area contributed by atoms with Crippen LogP contribution in [0.25, 0.3) is 0 Å². The van der Waals surface area contributed by atoms with Crippen molar-refractivity contribution in [3.63, 3.8) is 0 Å². The molecule has 0 heterocycles. The van der Waals surface area contributed by atoms with Gasteiger partial charge in [-0.25, -0.2) is 4.39 Å². The Morgan fingerprint density at radius 3 is 2.74 bits per heavy atom. The average Bonchev–Trinajstić information content (AvgIpc) is 2.34. The van der Waals surface area contributed by atoms with E-state index >= 15 is 0 Å². The van der Waals surface area contributed by atoms with Gasteiger partial charge in [-0.15, -0.1) is 11.8 Å². The molecule has 0 aliphatic rings. The molecule has 1 unspecified atom stereocenters. The van der Waals surface area contributed by atoms with Crippen LogP contribution < -0.4 is 5.32 Å². The molecule has 19 heavy (non-hydrogen) atoms. The maximum atomic E-state index is 13.3. The Balaban J connectivity index is 2.27. The van der Waals surface area contributed by atoms with Crippen molar-refractivity contribution >= 4 is 17.7 Å². The molecule has 1 rings (SSSR count). The SMILES string of the molecule is CC(C)CC(O)CNC(=O)CSc1ccccc1F. The summed E-state index contributed by atoms with van der Waals surface area (Å²) in [5.74, 6) is 0.0193. The van der Waals surface area contributed by atoms with Crippen LogP contribution in [0.2, 0.25) is 0 Å². The number of hydrogen-bond donors (Lipinski definition) is 2. The second-order valence-corrected chi connectivity index (χ2v) is 5.82. The predicted octanol–water partition coefficient (Wildman–Crippen LogP) is 2.44. The summed E-state index contributed by atoms with van der Waals surface area (Å²) in [5.41, 5.74) is 0. The summed E-state index contributed by atoms with van der Waals surface area (Å²) in [6.45, 7) is 4.27. The zero-order valence-corrected chi connectivity index (χ0v) is 12.0. The van der Waals surface area contributed by atoms with Gasteiger partial charge >= 0.3 is 0 Å². The van der Waals surface area contributed by atoms with Gasteiger partial charge in [-0.3, -0.25) is 4.79 Å². The summed E-state index contributed by atoms with van der Waals surface area (Å²) < 4.78 is 13.3. The van der Waals surface area contributed by atoms with Gasteiger partial charge in [0.2, 0.25) is 5.91 Å². The van der Waals surface area contributed by atoms with Crippen LogP contribution in [0.4, 0.5) is 4.39 Å². The zero-order chi connectivity index (χ0) is 14.3. The van der Waals surface area contributed by atoms with Crippen LogP contribution in [0.3, 0.4) is 0 Å². The van der Waals surface area contributed by atoms with Gasteiger partial charge in [-0.1, -0.05) is 26.0 Å². The number of carbonyl (C=O) groups is 1. The van der Waals surface area contributed by atoms with E-state index in [0.29, 0.717) is 17.2 Å². The lowest BCUT2D eigenvalue weighted by Gasteiger charge is -2.13. The van der Waals surface area contributed by atoms with Crippen molar-refractivity contribution in [2.45, 2.75) is 31.3 Å². The molecule has 0 aliphatic carbocycles. The highest BCUT2D eigenvalue weighted by Gasteiger charge is 2.10. The number of aliphatic hydroxyl groups is 1. The van der Waals surface area contributed by atoms with Crippen LogP contribution in [0.1, 0.15) is 20.3 Å². The van der Waals surface area contributed by atoms with Gasteiger partial charge in [0, 0.05) is 11.4 Å². The van der Waals surface area contributed by atoms with E-state index in [4.69, 9.17) is 0 Å². The lowest BCUT2D eigenvalue weighted by Crippen LogP contribution is -2.33. The topological polar surface area (TPSA) is 49.3 Å². The van der Waals surface area contributed by atoms with E-state index in [1.807, 2.05) is 13.8 Å². The van der Waals surface area contributed by atoms with E-state index < -0.39 is 6.10 Å². The number of thioether (sulfide) groups is 1. The summed E-state index contributed by atoms with van der Waals surface area (Å²) in [4.78, 5) is 12.0. The number of aliphatic hydroxyl groups excluding tert-OH is 1. The Kier molecular flexibility index (Phi) is 6.87. The molecule has 5 heteroatoms. The molecule has 1 aromatic rings. The summed E-state index contributed by atoms with van der Waals surface area (Å²) in [6.07, 6.45) is 0.128. The normalized spacial score (nSPS) is 12.5. The molecule has 1 atom stereocenters. The molecule has 3 nitrogen and oxygen atoms in total. The van der Waals surface area contributed by atoms with Crippen molar-refractivity contribution in [2.24, 2.45) is 5.92 Å². The monoisotopic (exact) mass is 285 g/mol. The Labute approximate surface area is 117 Å². The number of amides is 1. The Morgan fingerprint density at radius 1 is 1.42 bits per heavy atom. The number of carbonyl (C=O) groups excluding carboxylic acids is 1. The number of halogens is 1. The van der Waals surface area contributed by atoms with Gasteiger partial charge in [0.05, 0.1) is 11.9 Å². The summed E-state index contributed by atoms with van der Waals surface area (Å²) in [7, 11) is 0. The van der Waals surface area contributed by atoms with Crippen LogP contribution in [0.15, 0.2) is 29.2 Å². The van der Waals surface area contributed by atoms with Crippen LogP contribution >= 0.6 is 11.8 Å². The fourth-order valence-electron chi connectivity index (χ4n) is 1.62. The second-order valence-electron chi connectivity index (χ2n) is 4.81. The standard InChI is InChI=1S/C14H20FNO2S/c1-10(2)7-11(17)8-16-14(18)9-19-13-6-4-3-5-12(13)15/h3-6,10-11,17H,7-9H2,1-2H3,(H,16,18). The van der Waals surface area contributed by atoms with E-state index in [1.165, 1.54) is 6.07 Å². The van der Waals surface area contributed by atoms with Gasteiger partial charge in [0.15, 0.2) is 0 Å². The second kappa shape index (κ2) is 8.17. The number of rotatable bonds is 7. The van der Waals surface area contributed by atoms with E-state index in [0.717, 1.165) is 11.8 Å². The molecule has 1 amide bonds. The lowest BCUT2D eigenvalue weighted by atomic mass is 10.1.